The third kappa shape index (κ3) is 1.55. The van der Waals surface area contributed by atoms with E-state index in [1.807, 2.05) is 35.2 Å². The molecule has 0 amide bonds. The first-order valence-electron chi connectivity index (χ1n) is 4.73. The van der Waals surface area contributed by atoms with Gasteiger partial charge in [-0.1, -0.05) is 13.0 Å². The molecule has 1 aromatic carbocycles. The van der Waals surface area contributed by atoms with Crippen molar-refractivity contribution in [3.63, 3.8) is 0 Å². The van der Waals surface area contributed by atoms with Crippen molar-refractivity contribution in [1.29, 1.82) is 0 Å². The molecule has 0 unspecified atom stereocenters. The molecule has 0 N–H and O–H groups in total. The SMILES string of the molecule is CCc1ccc(F)cc1-n1cccc1. The number of hydrogen-bond acceptors (Lipinski definition) is 0. The molecule has 2 aromatic rings. The first kappa shape index (κ1) is 9.00. The van der Waals surface area contributed by atoms with Crippen LogP contribution in [0.25, 0.3) is 5.69 Å². The van der Waals surface area contributed by atoms with Gasteiger partial charge in [0, 0.05) is 12.4 Å². The first-order valence-corrected chi connectivity index (χ1v) is 4.73. The van der Waals surface area contributed by atoms with Crippen molar-refractivity contribution < 1.29 is 4.39 Å². The van der Waals surface area contributed by atoms with Crippen LogP contribution in [0.4, 0.5) is 4.39 Å². The standard InChI is InChI=1S/C12H12FN/c1-2-10-5-6-11(13)9-12(10)14-7-3-4-8-14/h3-9H,2H2,1H3. The number of rotatable bonds is 2. The lowest BCUT2D eigenvalue weighted by molar-refractivity contribution is 0.625. The normalized spacial score (nSPS) is 10.4. The molecule has 2 rings (SSSR count). The van der Waals surface area contributed by atoms with Crippen LogP contribution in [0.2, 0.25) is 0 Å². The molecule has 0 aliphatic carbocycles. The van der Waals surface area contributed by atoms with Gasteiger partial charge in [-0.2, -0.15) is 0 Å². The van der Waals surface area contributed by atoms with Gasteiger partial charge in [0.2, 0.25) is 0 Å². The van der Waals surface area contributed by atoms with Crippen LogP contribution in [-0.4, -0.2) is 4.57 Å². The minimum Gasteiger partial charge on any atom is -0.323 e. The second kappa shape index (κ2) is 3.66. The van der Waals surface area contributed by atoms with E-state index in [2.05, 4.69) is 6.92 Å². The van der Waals surface area contributed by atoms with Gasteiger partial charge in [0.1, 0.15) is 5.82 Å². The number of halogens is 1. The van der Waals surface area contributed by atoms with Crippen molar-refractivity contribution >= 4 is 0 Å². The Morgan fingerprint density at radius 2 is 1.93 bits per heavy atom. The minimum atomic E-state index is -0.189. The van der Waals surface area contributed by atoms with E-state index < -0.39 is 0 Å². The van der Waals surface area contributed by atoms with Gasteiger partial charge < -0.3 is 4.57 Å². The van der Waals surface area contributed by atoms with E-state index in [1.165, 1.54) is 6.07 Å². The van der Waals surface area contributed by atoms with Gasteiger partial charge in [0.15, 0.2) is 0 Å². The zero-order valence-corrected chi connectivity index (χ0v) is 8.07. The van der Waals surface area contributed by atoms with Gasteiger partial charge in [-0.25, -0.2) is 4.39 Å². The smallest absolute Gasteiger partial charge is 0.125 e. The summed E-state index contributed by atoms with van der Waals surface area (Å²) >= 11 is 0. The predicted octanol–water partition coefficient (Wildman–Crippen LogP) is 3.18. The maximum atomic E-state index is 13.1. The molecule has 0 fully saturated rings. The van der Waals surface area contributed by atoms with E-state index >= 15 is 0 Å². The molecule has 2 heteroatoms. The molecule has 72 valence electrons. The van der Waals surface area contributed by atoms with Crippen molar-refractivity contribution in [3.8, 4) is 5.69 Å². The van der Waals surface area contributed by atoms with E-state index in [9.17, 15) is 4.39 Å². The van der Waals surface area contributed by atoms with Crippen molar-refractivity contribution in [2.24, 2.45) is 0 Å². The average molecular weight is 189 g/mol. The van der Waals surface area contributed by atoms with Gasteiger partial charge in [0.05, 0.1) is 5.69 Å². The predicted molar refractivity (Wildman–Crippen MR) is 55.1 cm³/mol. The van der Waals surface area contributed by atoms with E-state index in [0.717, 1.165) is 17.7 Å². The lowest BCUT2D eigenvalue weighted by atomic mass is 10.1. The largest absolute Gasteiger partial charge is 0.323 e. The van der Waals surface area contributed by atoms with Crippen LogP contribution >= 0.6 is 0 Å². The summed E-state index contributed by atoms with van der Waals surface area (Å²) in [6.45, 7) is 2.07. The number of aryl methyl sites for hydroxylation is 1. The monoisotopic (exact) mass is 189 g/mol. The van der Waals surface area contributed by atoms with E-state index in [0.29, 0.717) is 0 Å². The molecule has 0 aliphatic heterocycles. The number of hydrogen-bond donors (Lipinski definition) is 0. The highest BCUT2D eigenvalue weighted by molar-refractivity contribution is 5.41. The second-order valence-electron chi connectivity index (χ2n) is 3.22. The summed E-state index contributed by atoms with van der Waals surface area (Å²) in [7, 11) is 0. The van der Waals surface area contributed by atoms with Crippen LogP contribution in [-0.2, 0) is 6.42 Å². The summed E-state index contributed by atoms with van der Waals surface area (Å²) in [5.41, 5.74) is 2.08. The fourth-order valence-electron chi connectivity index (χ4n) is 1.57. The highest BCUT2D eigenvalue weighted by Gasteiger charge is 2.03. The molecule has 1 aromatic heterocycles. The van der Waals surface area contributed by atoms with Crippen molar-refractivity contribution in [2.45, 2.75) is 13.3 Å². The van der Waals surface area contributed by atoms with E-state index in [1.54, 1.807) is 6.07 Å². The Kier molecular flexibility index (Phi) is 2.35. The minimum absolute atomic E-state index is 0.189. The summed E-state index contributed by atoms with van der Waals surface area (Å²) in [5.74, 6) is -0.189. The second-order valence-corrected chi connectivity index (χ2v) is 3.22. The van der Waals surface area contributed by atoms with E-state index in [4.69, 9.17) is 0 Å². The highest BCUT2D eigenvalue weighted by Crippen LogP contribution is 2.16. The Morgan fingerprint density at radius 3 is 2.57 bits per heavy atom. The third-order valence-corrected chi connectivity index (χ3v) is 2.31. The van der Waals surface area contributed by atoms with Crippen molar-refractivity contribution in [3.05, 3.63) is 54.1 Å². The topological polar surface area (TPSA) is 4.93 Å². The summed E-state index contributed by atoms with van der Waals surface area (Å²) in [5, 5.41) is 0. The van der Waals surface area contributed by atoms with Crippen LogP contribution in [0.5, 0.6) is 0 Å². The van der Waals surface area contributed by atoms with Crippen molar-refractivity contribution in [2.75, 3.05) is 0 Å². The molecular weight excluding hydrogens is 177 g/mol. The molecule has 0 saturated heterocycles. The van der Waals surface area contributed by atoms with Gasteiger partial charge in [-0.05, 0) is 36.2 Å². The third-order valence-electron chi connectivity index (χ3n) is 2.31. The Morgan fingerprint density at radius 1 is 1.21 bits per heavy atom. The maximum absolute atomic E-state index is 13.1. The first-order chi connectivity index (χ1) is 6.81. The maximum Gasteiger partial charge on any atom is 0.125 e. The Labute approximate surface area is 82.8 Å². The quantitative estimate of drug-likeness (QED) is 0.683. The van der Waals surface area contributed by atoms with Crippen LogP contribution in [0.1, 0.15) is 12.5 Å². The fourth-order valence-corrected chi connectivity index (χ4v) is 1.57. The zero-order valence-electron chi connectivity index (χ0n) is 8.07. The summed E-state index contributed by atoms with van der Waals surface area (Å²) in [6.07, 6.45) is 4.76. The number of benzene rings is 1. The lowest BCUT2D eigenvalue weighted by Crippen LogP contribution is -1.96. The number of nitrogens with zero attached hydrogens (tertiary/aromatic N) is 1. The molecule has 1 nitrogen and oxygen atoms in total. The lowest BCUT2D eigenvalue weighted by Gasteiger charge is -2.08. The molecule has 0 atom stereocenters. The molecule has 0 bridgehead atoms. The highest BCUT2D eigenvalue weighted by atomic mass is 19.1. The Hall–Kier alpha value is -1.57. The summed E-state index contributed by atoms with van der Waals surface area (Å²) < 4.78 is 15.0. The van der Waals surface area contributed by atoms with Crippen LogP contribution in [0, 0.1) is 5.82 Å². The molecule has 1 heterocycles. The Balaban J connectivity index is 2.55. The molecule has 0 aliphatic rings. The summed E-state index contributed by atoms with van der Waals surface area (Å²) in [6, 6.07) is 8.78. The zero-order chi connectivity index (χ0) is 9.97. The van der Waals surface area contributed by atoms with Crippen LogP contribution in [0.3, 0.4) is 0 Å². The molecule has 0 spiro atoms. The summed E-state index contributed by atoms with van der Waals surface area (Å²) in [4.78, 5) is 0. The Bertz CT molecular complexity index is 418. The molecule has 0 radical (unpaired) electrons. The van der Waals surface area contributed by atoms with E-state index in [-0.39, 0.29) is 5.82 Å². The van der Waals surface area contributed by atoms with Crippen molar-refractivity contribution in [1.82, 2.24) is 4.57 Å². The average Bonchev–Trinajstić information content (AvgIpc) is 2.70. The molecule has 0 saturated carbocycles. The fraction of sp³-hybridized carbons (Fsp3) is 0.167. The molecular formula is C12H12FN. The van der Waals surface area contributed by atoms with Gasteiger partial charge in [0.25, 0.3) is 0 Å². The van der Waals surface area contributed by atoms with Gasteiger partial charge in [-0.3, -0.25) is 0 Å². The number of aromatic nitrogens is 1. The van der Waals surface area contributed by atoms with Gasteiger partial charge in [-0.15, -0.1) is 0 Å². The van der Waals surface area contributed by atoms with Crippen LogP contribution in [0.15, 0.2) is 42.7 Å². The molecule has 14 heavy (non-hydrogen) atoms. The van der Waals surface area contributed by atoms with Crippen LogP contribution < -0.4 is 0 Å². The van der Waals surface area contributed by atoms with Gasteiger partial charge >= 0.3 is 0 Å².